The second-order valence-corrected chi connectivity index (χ2v) is 5.92. The van der Waals surface area contributed by atoms with Crippen molar-refractivity contribution in [2.75, 3.05) is 19.4 Å². The Balaban J connectivity index is 1.92. The van der Waals surface area contributed by atoms with Gasteiger partial charge in [-0.15, -0.1) is 0 Å². The molecule has 2 N–H and O–H groups in total. The molecule has 24 heavy (non-hydrogen) atoms. The second kappa shape index (κ2) is 7.84. The van der Waals surface area contributed by atoms with Gasteiger partial charge in [0.15, 0.2) is 6.61 Å². The molecule has 0 radical (unpaired) electrons. The van der Waals surface area contributed by atoms with E-state index in [1.807, 2.05) is 31.2 Å². The molecule has 0 unspecified atom stereocenters. The molecule has 0 spiro atoms. The van der Waals surface area contributed by atoms with E-state index in [9.17, 15) is 9.59 Å². The van der Waals surface area contributed by atoms with Crippen LogP contribution in [0.4, 0.5) is 5.69 Å². The SMILES string of the molecule is Cc1ccccc1CN(C)C(=O)COC(=O)c1ccc(Cl)cc1N. The second-order valence-electron chi connectivity index (χ2n) is 5.48. The number of nitrogen functional groups attached to an aromatic ring is 1. The number of esters is 1. The van der Waals surface area contributed by atoms with Gasteiger partial charge in [0.2, 0.25) is 0 Å². The van der Waals surface area contributed by atoms with Crippen molar-refractivity contribution in [3.05, 3.63) is 64.2 Å². The maximum atomic E-state index is 12.1. The number of nitrogens with two attached hydrogens (primary N) is 1. The molecule has 0 aromatic heterocycles. The molecular formula is C18H19ClN2O3. The highest BCUT2D eigenvalue weighted by molar-refractivity contribution is 6.31. The van der Waals surface area contributed by atoms with Crippen molar-refractivity contribution in [2.45, 2.75) is 13.5 Å². The first kappa shape index (κ1) is 17.8. The van der Waals surface area contributed by atoms with Crippen LogP contribution in [0.15, 0.2) is 42.5 Å². The van der Waals surface area contributed by atoms with Gasteiger partial charge in [0.05, 0.1) is 5.56 Å². The number of anilines is 1. The van der Waals surface area contributed by atoms with E-state index in [2.05, 4.69) is 0 Å². The molecule has 2 aromatic rings. The molecule has 0 bridgehead atoms. The standard InChI is InChI=1S/C18H19ClN2O3/c1-12-5-3-4-6-13(12)10-21(2)17(22)11-24-18(23)15-8-7-14(19)9-16(15)20/h3-9H,10-11,20H2,1-2H3. The number of likely N-dealkylation sites (N-methyl/N-ethyl adjacent to an activating group) is 1. The highest BCUT2D eigenvalue weighted by Gasteiger charge is 2.16. The van der Waals surface area contributed by atoms with Gasteiger partial charge in [-0.25, -0.2) is 4.79 Å². The van der Waals surface area contributed by atoms with Crippen molar-refractivity contribution in [3.63, 3.8) is 0 Å². The summed E-state index contributed by atoms with van der Waals surface area (Å²) in [5.41, 5.74) is 8.27. The average Bonchev–Trinajstić information content (AvgIpc) is 2.54. The van der Waals surface area contributed by atoms with Crippen molar-refractivity contribution in [2.24, 2.45) is 0 Å². The fraction of sp³-hybridized carbons (Fsp3) is 0.222. The number of aryl methyl sites for hydroxylation is 1. The van der Waals surface area contributed by atoms with E-state index in [1.165, 1.54) is 17.0 Å². The number of nitrogens with zero attached hydrogens (tertiary/aromatic N) is 1. The number of carbonyl (C=O) groups is 2. The van der Waals surface area contributed by atoms with Crippen molar-refractivity contribution < 1.29 is 14.3 Å². The van der Waals surface area contributed by atoms with Crippen molar-refractivity contribution in [1.82, 2.24) is 4.90 Å². The Bertz CT molecular complexity index is 762. The molecular weight excluding hydrogens is 328 g/mol. The molecule has 0 aliphatic carbocycles. The summed E-state index contributed by atoms with van der Waals surface area (Å²) in [6.45, 7) is 2.09. The minimum Gasteiger partial charge on any atom is -0.452 e. The van der Waals surface area contributed by atoms with Gasteiger partial charge in [-0.2, -0.15) is 0 Å². The number of ether oxygens (including phenoxy) is 1. The number of amides is 1. The normalized spacial score (nSPS) is 10.3. The number of carbonyl (C=O) groups excluding carboxylic acids is 2. The fourth-order valence-electron chi connectivity index (χ4n) is 2.17. The highest BCUT2D eigenvalue weighted by Crippen LogP contribution is 2.18. The molecule has 0 saturated heterocycles. The van der Waals surface area contributed by atoms with Crippen molar-refractivity contribution in [3.8, 4) is 0 Å². The summed E-state index contributed by atoms with van der Waals surface area (Å²) < 4.78 is 5.05. The van der Waals surface area contributed by atoms with Crippen LogP contribution in [0.3, 0.4) is 0 Å². The molecule has 0 aliphatic heterocycles. The summed E-state index contributed by atoms with van der Waals surface area (Å²) >= 11 is 5.79. The van der Waals surface area contributed by atoms with Crippen LogP contribution in [0.25, 0.3) is 0 Å². The van der Waals surface area contributed by atoms with Gasteiger partial charge in [-0.3, -0.25) is 4.79 Å². The van der Waals surface area contributed by atoms with E-state index >= 15 is 0 Å². The monoisotopic (exact) mass is 346 g/mol. The van der Waals surface area contributed by atoms with Gasteiger partial charge >= 0.3 is 5.97 Å². The van der Waals surface area contributed by atoms with Gasteiger partial charge in [-0.05, 0) is 36.2 Å². The molecule has 0 aliphatic rings. The zero-order valence-electron chi connectivity index (χ0n) is 13.6. The minimum atomic E-state index is -0.651. The lowest BCUT2D eigenvalue weighted by molar-refractivity contribution is -0.133. The third kappa shape index (κ3) is 4.49. The Labute approximate surface area is 146 Å². The lowest BCUT2D eigenvalue weighted by atomic mass is 10.1. The topological polar surface area (TPSA) is 72.6 Å². The molecule has 0 atom stereocenters. The fourth-order valence-corrected chi connectivity index (χ4v) is 2.35. The van der Waals surface area contributed by atoms with Crippen LogP contribution in [-0.4, -0.2) is 30.4 Å². The van der Waals surface area contributed by atoms with E-state index in [1.54, 1.807) is 13.1 Å². The predicted molar refractivity (Wildman–Crippen MR) is 93.8 cm³/mol. The zero-order chi connectivity index (χ0) is 17.7. The number of rotatable bonds is 5. The summed E-state index contributed by atoms with van der Waals surface area (Å²) in [5, 5.41) is 0.429. The van der Waals surface area contributed by atoms with Crippen LogP contribution in [0.2, 0.25) is 5.02 Å². The van der Waals surface area contributed by atoms with Crippen LogP contribution in [-0.2, 0) is 16.1 Å². The lowest BCUT2D eigenvalue weighted by Crippen LogP contribution is -2.31. The van der Waals surface area contributed by atoms with E-state index in [0.717, 1.165) is 11.1 Å². The molecule has 6 heteroatoms. The van der Waals surface area contributed by atoms with Crippen LogP contribution in [0, 0.1) is 6.92 Å². The molecule has 1 amide bonds. The number of hydrogen-bond donors (Lipinski definition) is 1. The summed E-state index contributed by atoms with van der Waals surface area (Å²) in [6.07, 6.45) is 0. The lowest BCUT2D eigenvalue weighted by Gasteiger charge is -2.18. The van der Waals surface area contributed by atoms with Gasteiger partial charge in [0, 0.05) is 24.3 Å². The molecule has 5 nitrogen and oxygen atoms in total. The first-order valence-corrected chi connectivity index (χ1v) is 7.77. The van der Waals surface area contributed by atoms with Gasteiger partial charge < -0.3 is 15.4 Å². The number of benzene rings is 2. The number of halogens is 1. The first-order chi connectivity index (χ1) is 11.4. The van der Waals surface area contributed by atoms with E-state index in [-0.39, 0.29) is 23.8 Å². The Morgan fingerprint density at radius 3 is 2.58 bits per heavy atom. The van der Waals surface area contributed by atoms with Crippen molar-refractivity contribution >= 4 is 29.2 Å². The van der Waals surface area contributed by atoms with Crippen molar-refractivity contribution in [1.29, 1.82) is 0 Å². The molecule has 0 heterocycles. The van der Waals surface area contributed by atoms with E-state index in [4.69, 9.17) is 22.1 Å². The minimum absolute atomic E-state index is 0.189. The molecule has 0 saturated carbocycles. The Morgan fingerprint density at radius 2 is 1.92 bits per heavy atom. The van der Waals surface area contributed by atoms with Gasteiger partial charge in [0.1, 0.15) is 0 Å². The molecule has 2 aromatic carbocycles. The molecule has 126 valence electrons. The quantitative estimate of drug-likeness (QED) is 0.667. The smallest absolute Gasteiger partial charge is 0.340 e. The first-order valence-electron chi connectivity index (χ1n) is 7.39. The summed E-state index contributed by atoms with van der Waals surface area (Å²) in [6, 6.07) is 12.3. The molecule has 0 fully saturated rings. The predicted octanol–water partition coefficient (Wildman–Crippen LogP) is 3.05. The number of hydrogen-bond acceptors (Lipinski definition) is 4. The maximum Gasteiger partial charge on any atom is 0.340 e. The van der Waals surface area contributed by atoms with Gasteiger partial charge in [-0.1, -0.05) is 35.9 Å². The Kier molecular flexibility index (Phi) is 5.82. The largest absolute Gasteiger partial charge is 0.452 e. The Hall–Kier alpha value is -2.53. The van der Waals surface area contributed by atoms with Crippen LogP contribution in [0.5, 0.6) is 0 Å². The van der Waals surface area contributed by atoms with Gasteiger partial charge in [0.25, 0.3) is 5.91 Å². The van der Waals surface area contributed by atoms with E-state index in [0.29, 0.717) is 11.6 Å². The van der Waals surface area contributed by atoms with Crippen LogP contribution < -0.4 is 5.73 Å². The maximum absolute atomic E-state index is 12.1. The third-order valence-corrected chi connectivity index (χ3v) is 3.89. The average molecular weight is 347 g/mol. The zero-order valence-corrected chi connectivity index (χ0v) is 14.3. The van der Waals surface area contributed by atoms with E-state index < -0.39 is 5.97 Å². The summed E-state index contributed by atoms with van der Waals surface area (Å²) in [4.78, 5) is 25.6. The molecule has 2 rings (SSSR count). The Morgan fingerprint density at radius 1 is 1.21 bits per heavy atom. The van der Waals surface area contributed by atoms with Crippen LogP contribution >= 0.6 is 11.6 Å². The highest BCUT2D eigenvalue weighted by atomic mass is 35.5. The summed E-state index contributed by atoms with van der Waals surface area (Å²) in [7, 11) is 1.67. The van der Waals surface area contributed by atoms with Crippen LogP contribution in [0.1, 0.15) is 21.5 Å². The summed E-state index contributed by atoms with van der Waals surface area (Å²) in [5.74, 6) is -0.944. The third-order valence-electron chi connectivity index (χ3n) is 3.65.